The molecule has 44 heavy (non-hydrogen) atoms. The van der Waals surface area contributed by atoms with Gasteiger partial charge in [-0.15, -0.1) is 0 Å². The fourth-order valence-corrected chi connectivity index (χ4v) is 4.51. The van der Waals surface area contributed by atoms with Crippen molar-refractivity contribution in [1.82, 2.24) is 0 Å². The number of carbonyl (C=O) groups is 2. The maximum atomic E-state index is 13.1. The van der Waals surface area contributed by atoms with Gasteiger partial charge in [-0.25, -0.2) is 9.59 Å². The number of ether oxygens (including phenoxy) is 3. The summed E-state index contributed by atoms with van der Waals surface area (Å²) in [5.74, 6) is -10.6. The number of phenols is 10. The number of aromatic hydroxyl groups is 10. The van der Waals surface area contributed by atoms with Crippen molar-refractivity contribution in [2.75, 3.05) is 0 Å². The first-order valence-electron chi connectivity index (χ1n) is 12.4. The molecule has 0 spiro atoms. The maximum absolute atomic E-state index is 13.1. The lowest BCUT2D eigenvalue weighted by Crippen LogP contribution is -2.35. The molecule has 1 heterocycles. The van der Waals surface area contributed by atoms with E-state index in [-0.39, 0.29) is 34.8 Å². The highest BCUT2D eigenvalue weighted by atomic mass is 16.6. The summed E-state index contributed by atoms with van der Waals surface area (Å²) in [6.45, 7) is 0. The molecule has 4 aromatic rings. The van der Waals surface area contributed by atoms with E-state index in [0.717, 1.165) is 48.5 Å². The number of hydrogen-bond acceptors (Lipinski definition) is 15. The van der Waals surface area contributed by atoms with Crippen LogP contribution in [0, 0.1) is 0 Å². The van der Waals surface area contributed by atoms with Crippen molar-refractivity contribution >= 4 is 11.9 Å². The lowest BCUT2D eigenvalue weighted by Gasteiger charge is -2.34. The van der Waals surface area contributed by atoms with Crippen LogP contribution in [0.25, 0.3) is 0 Å². The number of fused-ring (bicyclic) bond motifs is 1. The molecule has 0 radical (unpaired) electrons. The van der Waals surface area contributed by atoms with Gasteiger partial charge in [0.05, 0.1) is 11.1 Å². The fraction of sp³-hybridized carbons (Fsp3) is 0.103. The van der Waals surface area contributed by atoms with Gasteiger partial charge in [-0.1, -0.05) is 0 Å². The summed E-state index contributed by atoms with van der Waals surface area (Å²) >= 11 is 0. The van der Waals surface area contributed by atoms with Gasteiger partial charge in [0.1, 0.15) is 23.4 Å². The molecule has 0 bridgehead atoms. The second-order valence-corrected chi connectivity index (χ2v) is 9.63. The first-order chi connectivity index (χ1) is 20.7. The van der Waals surface area contributed by atoms with Crippen LogP contribution in [0.4, 0.5) is 0 Å². The van der Waals surface area contributed by atoms with Gasteiger partial charge in [-0.2, -0.15) is 0 Å². The molecule has 0 amide bonds. The zero-order valence-corrected chi connectivity index (χ0v) is 22.0. The summed E-state index contributed by atoms with van der Waals surface area (Å²) in [5.41, 5.74) is -0.756. The third kappa shape index (κ3) is 5.32. The van der Waals surface area contributed by atoms with Gasteiger partial charge in [-0.3, -0.25) is 0 Å². The van der Waals surface area contributed by atoms with Crippen LogP contribution in [0.2, 0.25) is 0 Å². The third-order valence-corrected chi connectivity index (χ3v) is 6.64. The lowest BCUT2D eigenvalue weighted by molar-refractivity contribution is -0.0190. The monoisotopic (exact) mass is 618 g/mol. The maximum Gasteiger partial charge on any atom is 0.343 e. The Morgan fingerprint density at radius 2 is 1.09 bits per heavy atom. The Bertz CT molecular complexity index is 1780. The van der Waals surface area contributed by atoms with E-state index >= 15 is 0 Å². The van der Waals surface area contributed by atoms with Gasteiger partial charge in [0.25, 0.3) is 0 Å². The summed E-state index contributed by atoms with van der Waals surface area (Å²) in [7, 11) is 0. The highest BCUT2D eigenvalue weighted by molar-refractivity contribution is 5.93. The van der Waals surface area contributed by atoms with Gasteiger partial charge in [0, 0.05) is 35.4 Å². The minimum atomic E-state index is -1.37. The Hall–Kier alpha value is -6.38. The number of rotatable bonds is 5. The molecule has 0 saturated heterocycles. The average Bonchev–Trinajstić information content (AvgIpc) is 2.96. The molecular formula is C29H30O15. The van der Waals surface area contributed by atoms with Gasteiger partial charge < -0.3 is 65.3 Å². The van der Waals surface area contributed by atoms with E-state index in [4.69, 9.17) is 14.2 Å². The number of phenolic OH excluding ortho intramolecular Hbond substituents is 10. The van der Waals surface area contributed by atoms with Crippen molar-refractivity contribution in [2.45, 2.75) is 18.6 Å². The number of benzene rings is 4. The van der Waals surface area contributed by atoms with Gasteiger partial charge >= 0.3 is 11.9 Å². The quantitative estimate of drug-likeness (QED) is 0.0865. The predicted molar refractivity (Wildman–Crippen MR) is 152 cm³/mol. The standard InChI is InChI=1S/C29H22O15.4H2/c30-13-7-21-14(22(8-13)43-28(40)11-3-17(33)25(38)18(34)4-11)9-23(27(42-21)10-1-15(31)24(37)16(32)2-10)44-29(41)12-5-19(35)26(39)20(36)6-12;;;;/h1-8,23,27,30-39H,9H2;4*1H/t23-,27-;;;;/m1..../s1. The zero-order valence-electron chi connectivity index (χ0n) is 22.0. The summed E-state index contributed by atoms with van der Waals surface area (Å²) in [6, 6.07) is 7.44. The smallest absolute Gasteiger partial charge is 0.343 e. The van der Waals surface area contributed by atoms with E-state index in [1.165, 1.54) is 0 Å². The lowest BCUT2D eigenvalue weighted by atomic mass is 9.93. The summed E-state index contributed by atoms with van der Waals surface area (Å²) < 4.78 is 16.9. The Morgan fingerprint density at radius 1 is 0.636 bits per heavy atom. The molecule has 5 rings (SSSR count). The van der Waals surface area contributed by atoms with Crippen LogP contribution >= 0.6 is 0 Å². The number of hydrogen-bond donors (Lipinski definition) is 10. The van der Waals surface area contributed by atoms with Crippen LogP contribution in [-0.2, 0) is 11.2 Å². The molecule has 0 aromatic heterocycles. The van der Waals surface area contributed by atoms with E-state index in [2.05, 4.69) is 0 Å². The van der Waals surface area contributed by atoms with Gasteiger partial charge in [0.15, 0.2) is 57.8 Å². The van der Waals surface area contributed by atoms with Crippen LogP contribution in [0.5, 0.6) is 69.0 Å². The molecular weight excluding hydrogens is 588 g/mol. The van der Waals surface area contributed by atoms with Crippen molar-refractivity contribution in [2.24, 2.45) is 0 Å². The van der Waals surface area contributed by atoms with Crippen molar-refractivity contribution in [1.29, 1.82) is 0 Å². The van der Waals surface area contributed by atoms with E-state index < -0.39 is 92.8 Å². The van der Waals surface area contributed by atoms with E-state index in [0.29, 0.717) is 0 Å². The summed E-state index contributed by atoms with van der Waals surface area (Å²) in [4.78, 5) is 26.0. The van der Waals surface area contributed by atoms with Crippen molar-refractivity contribution < 1.29 is 80.6 Å². The normalized spacial score (nSPS) is 15.5. The van der Waals surface area contributed by atoms with Crippen molar-refractivity contribution in [3.63, 3.8) is 0 Å². The molecule has 2 atom stereocenters. The topological polar surface area (TPSA) is 264 Å². The highest BCUT2D eigenvalue weighted by Gasteiger charge is 2.38. The van der Waals surface area contributed by atoms with Gasteiger partial charge in [0.2, 0.25) is 0 Å². The second kappa shape index (κ2) is 10.8. The molecule has 1 aliphatic rings. The van der Waals surface area contributed by atoms with E-state index in [9.17, 15) is 60.7 Å². The molecule has 0 saturated carbocycles. The van der Waals surface area contributed by atoms with E-state index in [1.807, 2.05) is 0 Å². The van der Waals surface area contributed by atoms with Crippen LogP contribution < -0.4 is 9.47 Å². The Balaban J connectivity index is 0.00000288. The molecule has 10 N–H and O–H groups in total. The average molecular weight is 619 g/mol. The van der Waals surface area contributed by atoms with Crippen LogP contribution in [-0.4, -0.2) is 69.1 Å². The molecule has 4 aromatic carbocycles. The third-order valence-electron chi connectivity index (χ3n) is 6.64. The molecule has 15 heteroatoms. The molecule has 0 fully saturated rings. The minimum Gasteiger partial charge on any atom is -0.508 e. The predicted octanol–water partition coefficient (Wildman–Crippen LogP) is 3.85. The van der Waals surface area contributed by atoms with Crippen LogP contribution in [0.15, 0.2) is 48.5 Å². The number of carbonyl (C=O) groups excluding carboxylic acids is 2. The number of esters is 2. The SMILES string of the molecule is O=C(Oc1cc(O)cc2c1C[C@@H](OC(=O)c1cc(O)c(O)c(O)c1)[C@@H](c1cc(O)c(O)c(O)c1)O2)c1cc(O)c(O)c(O)c1.[HH].[HH].[HH].[HH]. The summed E-state index contributed by atoms with van der Waals surface area (Å²) in [5, 5.41) is 98.7. The molecule has 0 aliphatic carbocycles. The minimum absolute atomic E-state index is 0. The largest absolute Gasteiger partial charge is 0.508 e. The molecule has 0 unspecified atom stereocenters. The Labute approximate surface area is 251 Å². The summed E-state index contributed by atoms with van der Waals surface area (Å²) in [6.07, 6.45) is -3.04. The van der Waals surface area contributed by atoms with E-state index in [1.54, 1.807) is 0 Å². The molecule has 1 aliphatic heterocycles. The molecule has 236 valence electrons. The van der Waals surface area contributed by atoms with Crippen molar-refractivity contribution in [3.8, 4) is 69.0 Å². The van der Waals surface area contributed by atoms with Crippen LogP contribution in [0.1, 0.15) is 43.7 Å². The first-order valence-corrected chi connectivity index (χ1v) is 12.4. The van der Waals surface area contributed by atoms with Crippen LogP contribution in [0.3, 0.4) is 0 Å². The Morgan fingerprint density at radius 3 is 1.59 bits per heavy atom. The Kier molecular flexibility index (Phi) is 7.14. The second-order valence-electron chi connectivity index (χ2n) is 9.63. The highest BCUT2D eigenvalue weighted by Crippen LogP contribution is 2.47. The zero-order chi connectivity index (χ0) is 32.0. The van der Waals surface area contributed by atoms with Gasteiger partial charge in [-0.05, 0) is 36.4 Å². The first kappa shape index (κ1) is 29.1. The molecule has 15 nitrogen and oxygen atoms in total. The fourth-order valence-electron chi connectivity index (χ4n) is 4.51. The van der Waals surface area contributed by atoms with Crippen molar-refractivity contribution in [3.05, 3.63) is 70.8 Å².